The van der Waals surface area contributed by atoms with Crippen LogP contribution in [0.1, 0.15) is 17.5 Å². The molecule has 0 spiro atoms. The van der Waals surface area contributed by atoms with Crippen molar-refractivity contribution >= 4 is 0 Å². The van der Waals surface area contributed by atoms with E-state index >= 15 is 0 Å². The highest BCUT2D eigenvalue weighted by Gasteiger charge is 2.16. The first-order valence-corrected chi connectivity index (χ1v) is 6.20. The Hall–Kier alpha value is -1.50. The standard InChI is InChI=1S/C15H18O3/c1-12-9-13(3-2-7-16)4-5-15(12)18-11-14-6-8-17-10-14/h4-5,9,14,16H,6-8,10-11H2,1H3. The van der Waals surface area contributed by atoms with E-state index in [4.69, 9.17) is 14.6 Å². The molecule has 3 heteroatoms. The van der Waals surface area contributed by atoms with Crippen molar-refractivity contribution < 1.29 is 14.6 Å². The molecule has 0 amide bonds. The van der Waals surface area contributed by atoms with Gasteiger partial charge < -0.3 is 14.6 Å². The Morgan fingerprint density at radius 2 is 2.39 bits per heavy atom. The predicted molar refractivity (Wildman–Crippen MR) is 69.6 cm³/mol. The lowest BCUT2D eigenvalue weighted by Crippen LogP contribution is -2.12. The van der Waals surface area contributed by atoms with Gasteiger partial charge in [-0.15, -0.1) is 0 Å². The molecule has 1 N–H and O–H groups in total. The second-order valence-corrected chi connectivity index (χ2v) is 4.48. The van der Waals surface area contributed by atoms with Crippen LogP contribution in [0.25, 0.3) is 0 Å². The Morgan fingerprint density at radius 3 is 3.06 bits per heavy atom. The summed E-state index contributed by atoms with van der Waals surface area (Å²) in [6.07, 6.45) is 1.08. The van der Waals surface area contributed by atoms with Gasteiger partial charge in [0.1, 0.15) is 12.4 Å². The highest BCUT2D eigenvalue weighted by molar-refractivity contribution is 5.43. The summed E-state index contributed by atoms with van der Waals surface area (Å²) in [7, 11) is 0. The third-order valence-electron chi connectivity index (χ3n) is 2.99. The number of aryl methyl sites for hydroxylation is 1. The molecule has 1 saturated heterocycles. The summed E-state index contributed by atoms with van der Waals surface area (Å²) >= 11 is 0. The monoisotopic (exact) mass is 246 g/mol. The van der Waals surface area contributed by atoms with Gasteiger partial charge in [0.15, 0.2) is 0 Å². The number of rotatable bonds is 3. The molecule has 0 radical (unpaired) electrons. The van der Waals surface area contributed by atoms with Crippen molar-refractivity contribution in [3.8, 4) is 17.6 Å². The maximum atomic E-state index is 8.65. The fourth-order valence-corrected chi connectivity index (χ4v) is 1.95. The molecule has 1 atom stereocenters. The van der Waals surface area contributed by atoms with Crippen molar-refractivity contribution in [1.29, 1.82) is 0 Å². The van der Waals surface area contributed by atoms with E-state index in [0.29, 0.717) is 12.5 Å². The first-order valence-electron chi connectivity index (χ1n) is 6.20. The van der Waals surface area contributed by atoms with E-state index in [1.165, 1.54) is 0 Å². The van der Waals surface area contributed by atoms with Gasteiger partial charge in [0, 0.05) is 18.1 Å². The van der Waals surface area contributed by atoms with Crippen LogP contribution in [-0.2, 0) is 4.74 Å². The number of aliphatic hydroxyl groups is 1. The molecule has 18 heavy (non-hydrogen) atoms. The minimum Gasteiger partial charge on any atom is -0.493 e. The van der Waals surface area contributed by atoms with Crippen LogP contribution in [0, 0.1) is 24.7 Å². The quantitative estimate of drug-likeness (QED) is 0.826. The number of aliphatic hydroxyl groups excluding tert-OH is 1. The Morgan fingerprint density at radius 1 is 1.50 bits per heavy atom. The number of benzene rings is 1. The summed E-state index contributed by atoms with van der Waals surface area (Å²) in [5.74, 6) is 6.93. The summed E-state index contributed by atoms with van der Waals surface area (Å²) in [5, 5.41) is 8.65. The van der Waals surface area contributed by atoms with Crippen molar-refractivity contribution in [2.24, 2.45) is 5.92 Å². The van der Waals surface area contributed by atoms with Crippen LogP contribution in [0.4, 0.5) is 0 Å². The molecule has 1 aliphatic heterocycles. The van der Waals surface area contributed by atoms with E-state index in [0.717, 1.165) is 36.5 Å². The summed E-state index contributed by atoms with van der Waals surface area (Å²) in [6.45, 7) is 4.26. The van der Waals surface area contributed by atoms with Gasteiger partial charge in [-0.25, -0.2) is 0 Å². The van der Waals surface area contributed by atoms with Crippen LogP contribution in [0.5, 0.6) is 5.75 Å². The molecule has 1 aromatic carbocycles. The summed E-state index contributed by atoms with van der Waals surface area (Å²) in [5.41, 5.74) is 1.97. The first kappa shape index (κ1) is 12.9. The molecule has 1 fully saturated rings. The van der Waals surface area contributed by atoms with Crippen molar-refractivity contribution in [1.82, 2.24) is 0 Å². The maximum absolute atomic E-state index is 8.65. The molecule has 0 aliphatic carbocycles. The van der Waals surface area contributed by atoms with Gasteiger partial charge in [-0.05, 0) is 37.1 Å². The zero-order valence-electron chi connectivity index (χ0n) is 10.6. The summed E-state index contributed by atoms with van der Waals surface area (Å²) in [4.78, 5) is 0. The van der Waals surface area contributed by atoms with E-state index in [1.807, 2.05) is 25.1 Å². The van der Waals surface area contributed by atoms with Crippen molar-refractivity contribution in [3.05, 3.63) is 29.3 Å². The van der Waals surface area contributed by atoms with Crippen LogP contribution in [0.2, 0.25) is 0 Å². The number of hydrogen-bond donors (Lipinski definition) is 1. The zero-order valence-corrected chi connectivity index (χ0v) is 10.6. The molecule has 1 heterocycles. The molecule has 0 bridgehead atoms. The fourth-order valence-electron chi connectivity index (χ4n) is 1.95. The normalized spacial score (nSPS) is 18.2. The molecule has 1 aliphatic rings. The smallest absolute Gasteiger partial charge is 0.122 e. The van der Waals surface area contributed by atoms with Crippen molar-refractivity contribution in [3.63, 3.8) is 0 Å². The van der Waals surface area contributed by atoms with Crippen molar-refractivity contribution in [2.75, 3.05) is 26.4 Å². The second kappa shape index (κ2) is 6.44. The van der Waals surface area contributed by atoms with Gasteiger partial charge in [0.25, 0.3) is 0 Å². The zero-order chi connectivity index (χ0) is 12.8. The molecule has 3 nitrogen and oxygen atoms in total. The van der Waals surface area contributed by atoms with Gasteiger partial charge in [-0.2, -0.15) is 0 Å². The lowest BCUT2D eigenvalue weighted by Gasteiger charge is -2.12. The topological polar surface area (TPSA) is 38.7 Å². The largest absolute Gasteiger partial charge is 0.493 e. The SMILES string of the molecule is Cc1cc(C#CCO)ccc1OCC1CCOC1. The maximum Gasteiger partial charge on any atom is 0.122 e. The Bertz CT molecular complexity index is 451. The van der Waals surface area contributed by atoms with Crippen molar-refractivity contribution in [2.45, 2.75) is 13.3 Å². The number of ether oxygens (including phenoxy) is 2. The number of hydrogen-bond acceptors (Lipinski definition) is 3. The Labute approximate surface area is 108 Å². The first-order chi connectivity index (χ1) is 8.79. The van der Waals surface area contributed by atoms with E-state index in [1.54, 1.807) is 0 Å². The van der Waals surface area contributed by atoms with Gasteiger partial charge in [-0.3, -0.25) is 0 Å². The molecule has 1 aromatic rings. The minimum atomic E-state index is -0.112. The average molecular weight is 246 g/mol. The lowest BCUT2D eigenvalue weighted by atomic mass is 10.1. The highest BCUT2D eigenvalue weighted by atomic mass is 16.5. The van der Waals surface area contributed by atoms with E-state index < -0.39 is 0 Å². The van der Waals surface area contributed by atoms with E-state index in [2.05, 4.69) is 11.8 Å². The molecule has 0 aromatic heterocycles. The predicted octanol–water partition coefficient (Wildman–Crippen LogP) is 1.75. The molecule has 2 rings (SSSR count). The molecule has 1 unspecified atom stereocenters. The van der Waals surface area contributed by atoms with Crippen LogP contribution in [0.15, 0.2) is 18.2 Å². The fraction of sp³-hybridized carbons (Fsp3) is 0.467. The van der Waals surface area contributed by atoms with Gasteiger partial charge in [0.2, 0.25) is 0 Å². The molecule has 96 valence electrons. The minimum absolute atomic E-state index is 0.112. The van der Waals surface area contributed by atoms with Gasteiger partial charge >= 0.3 is 0 Å². The highest BCUT2D eigenvalue weighted by Crippen LogP contribution is 2.21. The second-order valence-electron chi connectivity index (χ2n) is 4.48. The average Bonchev–Trinajstić information content (AvgIpc) is 2.88. The Kier molecular flexibility index (Phi) is 4.63. The lowest BCUT2D eigenvalue weighted by molar-refractivity contribution is 0.167. The van der Waals surface area contributed by atoms with Gasteiger partial charge in [-0.1, -0.05) is 11.8 Å². The van der Waals surface area contributed by atoms with Crippen LogP contribution in [0.3, 0.4) is 0 Å². The molecular formula is C15H18O3. The van der Waals surface area contributed by atoms with Gasteiger partial charge in [0.05, 0.1) is 13.2 Å². The third-order valence-corrected chi connectivity index (χ3v) is 2.99. The van der Waals surface area contributed by atoms with E-state index in [9.17, 15) is 0 Å². The third kappa shape index (κ3) is 3.49. The van der Waals surface area contributed by atoms with E-state index in [-0.39, 0.29) is 6.61 Å². The summed E-state index contributed by atoms with van der Waals surface area (Å²) < 4.78 is 11.1. The summed E-state index contributed by atoms with van der Waals surface area (Å²) in [6, 6.07) is 5.83. The molecular weight excluding hydrogens is 228 g/mol. The molecule has 0 saturated carbocycles. The van der Waals surface area contributed by atoms with Crippen LogP contribution < -0.4 is 4.74 Å². The Balaban J connectivity index is 1.96. The van der Waals surface area contributed by atoms with Crippen LogP contribution >= 0.6 is 0 Å². The van der Waals surface area contributed by atoms with Crippen LogP contribution in [-0.4, -0.2) is 31.5 Å².